The number of rotatable bonds is 3. The molecule has 4 nitrogen and oxygen atoms in total. The first kappa shape index (κ1) is 13.8. The molecule has 0 amide bonds. The summed E-state index contributed by atoms with van der Waals surface area (Å²) >= 11 is 0. The van der Waals surface area contributed by atoms with E-state index in [1.807, 2.05) is 0 Å². The Morgan fingerprint density at radius 3 is 2.67 bits per heavy atom. The zero-order valence-corrected chi connectivity index (χ0v) is 11.6. The van der Waals surface area contributed by atoms with Crippen LogP contribution in [0, 0.1) is 11.8 Å². The molecule has 4 atom stereocenters. The van der Waals surface area contributed by atoms with Crippen molar-refractivity contribution in [3.05, 3.63) is 0 Å². The Balaban J connectivity index is 1.97. The Labute approximate surface area is 109 Å². The smallest absolute Gasteiger partial charge is 0.308 e. The Hall–Kier alpha value is -0.610. The number of carboxylic acid groups (broad SMARTS) is 1. The van der Waals surface area contributed by atoms with Crippen LogP contribution >= 0.6 is 0 Å². The van der Waals surface area contributed by atoms with Crippen molar-refractivity contribution in [2.24, 2.45) is 11.8 Å². The first-order valence-corrected chi connectivity index (χ1v) is 7.11. The quantitative estimate of drug-likeness (QED) is 0.838. The monoisotopic (exact) mass is 255 g/mol. The summed E-state index contributed by atoms with van der Waals surface area (Å²) in [5, 5.41) is 9.19. The second kappa shape index (κ2) is 5.57. The highest BCUT2D eigenvalue weighted by atomic mass is 16.5. The van der Waals surface area contributed by atoms with Crippen LogP contribution in [0.3, 0.4) is 0 Å². The normalized spacial score (nSPS) is 38.2. The lowest BCUT2D eigenvalue weighted by atomic mass is 9.93. The SMILES string of the molecule is CC(C)C1CC(N2CCC(C(=O)O)C2C)CCO1. The zero-order chi connectivity index (χ0) is 13.3. The Bertz CT molecular complexity index is 305. The number of hydrogen-bond donors (Lipinski definition) is 1. The van der Waals surface area contributed by atoms with Gasteiger partial charge in [-0.1, -0.05) is 13.8 Å². The molecule has 104 valence electrons. The summed E-state index contributed by atoms with van der Waals surface area (Å²) in [5.41, 5.74) is 0. The van der Waals surface area contributed by atoms with E-state index in [1.165, 1.54) is 0 Å². The van der Waals surface area contributed by atoms with Crippen LogP contribution in [-0.4, -0.2) is 47.3 Å². The van der Waals surface area contributed by atoms with Gasteiger partial charge < -0.3 is 9.84 Å². The molecule has 4 unspecified atom stereocenters. The van der Waals surface area contributed by atoms with E-state index in [0.29, 0.717) is 18.1 Å². The Kier molecular flexibility index (Phi) is 4.28. The van der Waals surface area contributed by atoms with Gasteiger partial charge in [0, 0.05) is 18.7 Å². The number of nitrogens with zero attached hydrogens (tertiary/aromatic N) is 1. The fraction of sp³-hybridized carbons (Fsp3) is 0.929. The van der Waals surface area contributed by atoms with E-state index in [-0.39, 0.29) is 12.0 Å². The van der Waals surface area contributed by atoms with E-state index >= 15 is 0 Å². The van der Waals surface area contributed by atoms with Crippen LogP contribution in [0.25, 0.3) is 0 Å². The molecule has 2 rings (SSSR count). The molecule has 2 aliphatic rings. The lowest BCUT2D eigenvalue weighted by Crippen LogP contribution is -2.46. The Morgan fingerprint density at radius 2 is 2.11 bits per heavy atom. The average molecular weight is 255 g/mol. The van der Waals surface area contributed by atoms with Crippen LogP contribution in [0.1, 0.15) is 40.0 Å². The van der Waals surface area contributed by atoms with E-state index < -0.39 is 5.97 Å². The second-order valence-electron chi connectivity index (χ2n) is 6.04. The van der Waals surface area contributed by atoms with Crippen molar-refractivity contribution in [2.75, 3.05) is 13.2 Å². The van der Waals surface area contributed by atoms with Crippen molar-refractivity contribution in [1.29, 1.82) is 0 Å². The van der Waals surface area contributed by atoms with Gasteiger partial charge in [0.25, 0.3) is 0 Å². The minimum absolute atomic E-state index is 0.165. The van der Waals surface area contributed by atoms with Crippen molar-refractivity contribution in [2.45, 2.75) is 58.2 Å². The van der Waals surface area contributed by atoms with Gasteiger partial charge in [-0.15, -0.1) is 0 Å². The number of hydrogen-bond acceptors (Lipinski definition) is 3. The van der Waals surface area contributed by atoms with Crippen molar-refractivity contribution in [1.82, 2.24) is 4.90 Å². The molecule has 18 heavy (non-hydrogen) atoms. The third kappa shape index (κ3) is 2.69. The average Bonchev–Trinajstić information content (AvgIpc) is 2.71. The maximum Gasteiger partial charge on any atom is 0.308 e. The van der Waals surface area contributed by atoms with Gasteiger partial charge in [-0.3, -0.25) is 9.69 Å². The van der Waals surface area contributed by atoms with Gasteiger partial charge >= 0.3 is 5.97 Å². The van der Waals surface area contributed by atoms with Gasteiger partial charge in [0.05, 0.1) is 12.0 Å². The van der Waals surface area contributed by atoms with Crippen LogP contribution in [-0.2, 0) is 9.53 Å². The fourth-order valence-electron chi connectivity index (χ4n) is 3.38. The highest BCUT2D eigenvalue weighted by molar-refractivity contribution is 5.71. The molecule has 4 heteroatoms. The van der Waals surface area contributed by atoms with Crippen molar-refractivity contribution in [3.8, 4) is 0 Å². The highest BCUT2D eigenvalue weighted by Gasteiger charge is 2.40. The van der Waals surface area contributed by atoms with Crippen LogP contribution in [0.15, 0.2) is 0 Å². The molecular weight excluding hydrogens is 230 g/mol. The number of aliphatic carboxylic acids is 1. The molecule has 0 radical (unpaired) electrons. The number of carbonyl (C=O) groups is 1. The molecule has 1 N–H and O–H groups in total. The number of ether oxygens (including phenoxy) is 1. The predicted molar refractivity (Wildman–Crippen MR) is 69.5 cm³/mol. The molecule has 0 aromatic rings. The number of carboxylic acids is 1. The lowest BCUT2D eigenvalue weighted by Gasteiger charge is -2.39. The van der Waals surface area contributed by atoms with Gasteiger partial charge in [-0.2, -0.15) is 0 Å². The molecule has 2 aliphatic heterocycles. The van der Waals surface area contributed by atoms with Crippen LogP contribution < -0.4 is 0 Å². The minimum Gasteiger partial charge on any atom is -0.481 e. The molecule has 0 aromatic carbocycles. The number of likely N-dealkylation sites (tertiary alicyclic amines) is 1. The Morgan fingerprint density at radius 1 is 1.39 bits per heavy atom. The summed E-state index contributed by atoms with van der Waals surface area (Å²) in [6.45, 7) is 8.19. The van der Waals surface area contributed by atoms with Crippen LogP contribution in [0.2, 0.25) is 0 Å². The first-order chi connectivity index (χ1) is 8.50. The topological polar surface area (TPSA) is 49.8 Å². The van der Waals surface area contributed by atoms with Crippen molar-refractivity contribution < 1.29 is 14.6 Å². The standard InChI is InChI=1S/C14H25NO3/c1-9(2)13-8-11(5-7-18-13)15-6-4-12(10(15)3)14(16)17/h9-13H,4-8H2,1-3H3,(H,16,17). The fourth-order valence-corrected chi connectivity index (χ4v) is 3.38. The third-order valence-corrected chi connectivity index (χ3v) is 4.62. The maximum atomic E-state index is 11.2. The van der Waals surface area contributed by atoms with Gasteiger partial charge in [-0.25, -0.2) is 0 Å². The van der Waals surface area contributed by atoms with E-state index in [0.717, 1.165) is 32.4 Å². The molecule has 0 saturated carbocycles. The molecule has 2 saturated heterocycles. The largest absolute Gasteiger partial charge is 0.481 e. The van der Waals surface area contributed by atoms with E-state index in [1.54, 1.807) is 0 Å². The van der Waals surface area contributed by atoms with E-state index in [9.17, 15) is 9.90 Å². The molecule has 2 fully saturated rings. The molecular formula is C14H25NO3. The molecule has 0 aliphatic carbocycles. The van der Waals surface area contributed by atoms with E-state index in [2.05, 4.69) is 25.7 Å². The van der Waals surface area contributed by atoms with Gasteiger partial charge in [0.2, 0.25) is 0 Å². The van der Waals surface area contributed by atoms with Gasteiger partial charge in [0.15, 0.2) is 0 Å². The van der Waals surface area contributed by atoms with E-state index in [4.69, 9.17) is 4.74 Å². The first-order valence-electron chi connectivity index (χ1n) is 7.11. The van der Waals surface area contributed by atoms with Crippen LogP contribution in [0.5, 0.6) is 0 Å². The second-order valence-corrected chi connectivity index (χ2v) is 6.04. The van der Waals surface area contributed by atoms with Crippen LogP contribution in [0.4, 0.5) is 0 Å². The summed E-state index contributed by atoms with van der Waals surface area (Å²) in [6.07, 6.45) is 3.22. The lowest BCUT2D eigenvalue weighted by molar-refractivity contribution is -0.142. The molecule has 0 spiro atoms. The molecule has 0 aromatic heterocycles. The van der Waals surface area contributed by atoms with Gasteiger partial charge in [-0.05, 0) is 38.6 Å². The zero-order valence-electron chi connectivity index (χ0n) is 11.6. The maximum absolute atomic E-state index is 11.2. The van der Waals surface area contributed by atoms with Crippen molar-refractivity contribution >= 4 is 5.97 Å². The highest BCUT2D eigenvalue weighted by Crippen LogP contribution is 2.32. The molecule has 0 bridgehead atoms. The van der Waals surface area contributed by atoms with Crippen molar-refractivity contribution in [3.63, 3.8) is 0 Å². The summed E-state index contributed by atoms with van der Waals surface area (Å²) in [6, 6.07) is 0.670. The summed E-state index contributed by atoms with van der Waals surface area (Å²) in [7, 11) is 0. The third-order valence-electron chi connectivity index (χ3n) is 4.62. The molecule has 2 heterocycles. The van der Waals surface area contributed by atoms with Gasteiger partial charge in [0.1, 0.15) is 0 Å². The summed E-state index contributed by atoms with van der Waals surface area (Å²) < 4.78 is 5.80. The summed E-state index contributed by atoms with van der Waals surface area (Å²) in [4.78, 5) is 13.6. The predicted octanol–water partition coefficient (Wildman–Crippen LogP) is 1.99. The summed E-state index contributed by atoms with van der Waals surface area (Å²) in [5.74, 6) is -0.288. The minimum atomic E-state index is -0.641.